The van der Waals surface area contributed by atoms with E-state index in [0.29, 0.717) is 73.5 Å². The van der Waals surface area contributed by atoms with Gasteiger partial charge in [-0.3, -0.25) is 9.80 Å². The first kappa shape index (κ1) is 48.2. The molecule has 0 radical (unpaired) electrons. The summed E-state index contributed by atoms with van der Waals surface area (Å²) in [6, 6.07) is 22.8. The van der Waals surface area contributed by atoms with Crippen molar-refractivity contribution >= 4 is 42.7 Å². The zero-order chi connectivity index (χ0) is 47.8. The summed E-state index contributed by atoms with van der Waals surface area (Å²) in [5.41, 5.74) is 2.12. The highest BCUT2D eigenvalue weighted by Crippen LogP contribution is 2.48. The highest BCUT2D eigenvalue weighted by atomic mass is 32.2. The summed E-state index contributed by atoms with van der Waals surface area (Å²) in [4.78, 5) is 13.0. The van der Waals surface area contributed by atoms with Crippen LogP contribution in [0.15, 0.2) is 107 Å². The topological polar surface area (TPSA) is 185 Å². The normalized spacial score (nSPS) is 25.5. The van der Waals surface area contributed by atoms with Gasteiger partial charge in [0, 0.05) is 61.2 Å². The first-order valence-electron chi connectivity index (χ1n) is 22.4. The van der Waals surface area contributed by atoms with Gasteiger partial charge in [0.1, 0.15) is 57.3 Å². The molecular formula is C48H52F2N6O8S4. The van der Waals surface area contributed by atoms with E-state index in [4.69, 9.17) is 9.47 Å². The van der Waals surface area contributed by atoms with Gasteiger partial charge in [-0.2, -0.15) is 8.75 Å². The van der Waals surface area contributed by atoms with E-state index in [-0.39, 0.29) is 57.1 Å². The molecule has 2 saturated heterocycles. The van der Waals surface area contributed by atoms with Gasteiger partial charge in [0.25, 0.3) is 0 Å². The predicted molar refractivity (Wildman–Crippen MR) is 252 cm³/mol. The van der Waals surface area contributed by atoms with Crippen LogP contribution < -0.4 is 9.47 Å². The van der Waals surface area contributed by atoms with Gasteiger partial charge in [0.2, 0.25) is 0 Å². The fourth-order valence-electron chi connectivity index (χ4n) is 9.85. The van der Waals surface area contributed by atoms with Crippen molar-refractivity contribution in [3.8, 4) is 11.5 Å². The molecule has 68 heavy (non-hydrogen) atoms. The minimum atomic E-state index is -3.59. The molecule has 2 N–H and O–H groups in total. The molecule has 0 amide bonds. The maximum Gasteiger partial charge on any atom is 0.185 e. The Hall–Kier alpha value is -4.80. The number of halogens is 2. The molecule has 360 valence electrons. The van der Waals surface area contributed by atoms with E-state index in [1.807, 2.05) is 26.0 Å². The number of ether oxygens (including phenoxy) is 2. The predicted octanol–water partition coefficient (Wildman–Crippen LogP) is 8.13. The van der Waals surface area contributed by atoms with Gasteiger partial charge >= 0.3 is 0 Å². The zero-order valence-electron chi connectivity index (χ0n) is 37.4. The molecule has 0 saturated carbocycles. The molecule has 6 aromatic rings. The molecule has 14 nitrogen and oxygen atoms in total. The minimum absolute atomic E-state index is 0.00480. The molecule has 0 bridgehead atoms. The average molecular weight is 1010 g/mol. The molecule has 2 aromatic heterocycles. The summed E-state index contributed by atoms with van der Waals surface area (Å²) in [6.45, 7) is 5.93. The van der Waals surface area contributed by atoms with Crippen molar-refractivity contribution in [2.75, 3.05) is 26.3 Å². The van der Waals surface area contributed by atoms with Crippen molar-refractivity contribution in [3.05, 3.63) is 141 Å². The summed E-state index contributed by atoms with van der Waals surface area (Å²) >= 11 is 2.14. The Balaban J connectivity index is 0.000000170. The third kappa shape index (κ3) is 10.8. The SMILES string of the molecule is C[C@@]1(O)CCN([C@@H]2CCOc3cc(S(=O)(=O)Cc4ncns4)ccc32)[C@@H](c2ccc(F)cc2)C1.C[C@@]1(O)CCN([C@H]2CCOc3cc(S(=O)(=O)Cc4ncns4)ccc32)[C@@H](c2ccc(F)cc2)C1. The van der Waals surface area contributed by atoms with E-state index < -0.39 is 30.9 Å². The van der Waals surface area contributed by atoms with Crippen molar-refractivity contribution in [2.24, 2.45) is 0 Å². The van der Waals surface area contributed by atoms with Crippen molar-refractivity contribution in [2.45, 2.75) is 109 Å². The van der Waals surface area contributed by atoms with Crippen LogP contribution in [0.5, 0.6) is 11.5 Å². The lowest BCUT2D eigenvalue weighted by atomic mass is 9.82. The Bertz CT molecular complexity index is 2730. The van der Waals surface area contributed by atoms with Gasteiger partial charge in [-0.1, -0.05) is 36.4 Å². The zero-order valence-corrected chi connectivity index (χ0v) is 40.7. The van der Waals surface area contributed by atoms with Gasteiger partial charge in [0.05, 0.1) is 34.2 Å². The van der Waals surface area contributed by atoms with Crippen LogP contribution in [0.25, 0.3) is 0 Å². The molecule has 0 unspecified atom stereocenters. The van der Waals surface area contributed by atoms with Crippen LogP contribution in [0.4, 0.5) is 8.78 Å². The van der Waals surface area contributed by atoms with Crippen LogP contribution >= 0.6 is 23.1 Å². The Morgan fingerprint density at radius 2 is 1.01 bits per heavy atom. The van der Waals surface area contributed by atoms with Crippen molar-refractivity contribution in [1.29, 1.82) is 0 Å². The van der Waals surface area contributed by atoms with E-state index in [1.165, 1.54) is 36.9 Å². The van der Waals surface area contributed by atoms with Gasteiger partial charge in [0.15, 0.2) is 19.7 Å². The number of nitrogens with zero attached hydrogens (tertiary/aromatic N) is 6. The number of sulfone groups is 2. The van der Waals surface area contributed by atoms with Crippen LogP contribution in [0.1, 0.15) is 109 Å². The summed E-state index contributed by atoms with van der Waals surface area (Å²) in [5, 5.41) is 22.5. The van der Waals surface area contributed by atoms with Gasteiger partial charge in [-0.15, -0.1) is 0 Å². The molecule has 20 heteroatoms. The van der Waals surface area contributed by atoms with Crippen LogP contribution in [-0.4, -0.2) is 93.1 Å². The number of fused-ring (bicyclic) bond motifs is 2. The number of aromatic nitrogens is 4. The standard InChI is InChI=1S/2C24H26FN3O4S2/c2*1-24(29)9-10-28(21(13-24)16-2-4-17(25)5-3-16)20-8-11-32-22-12-18(6-7-19(20)22)34(30,31)14-23-26-15-27-33-23/h2*2-7,12,15,20-21,29H,8-11,13-14H2,1H3/t20-,21+,24+;20-,21-,24-/m01/s1. The average Bonchev–Trinajstić information content (AvgIpc) is 4.03. The monoisotopic (exact) mass is 1010 g/mol. The molecule has 4 aliphatic rings. The fraction of sp³-hybridized carbons (Fsp3) is 0.417. The number of likely N-dealkylation sites (tertiary alicyclic amines) is 2. The number of rotatable bonds is 10. The molecule has 4 aromatic carbocycles. The second-order valence-corrected chi connectivity index (χ2v) is 24.1. The molecule has 6 atom stereocenters. The second kappa shape index (κ2) is 19.5. The molecule has 0 aliphatic carbocycles. The Kier molecular flexibility index (Phi) is 13.9. The summed E-state index contributed by atoms with van der Waals surface area (Å²) in [6.07, 6.45) is 6.47. The third-order valence-electron chi connectivity index (χ3n) is 13.3. The number of aliphatic hydroxyl groups is 2. The van der Waals surface area contributed by atoms with Crippen LogP contribution in [0, 0.1) is 11.6 Å². The molecule has 4 aliphatic heterocycles. The van der Waals surface area contributed by atoms with E-state index in [1.54, 1.807) is 48.5 Å². The van der Waals surface area contributed by atoms with E-state index in [0.717, 1.165) is 58.2 Å². The maximum absolute atomic E-state index is 13.6. The first-order chi connectivity index (χ1) is 32.4. The number of benzene rings is 4. The van der Waals surface area contributed by atoms with Gasteiger partial charge in [-0.05, 0) is 122 Å². The van der Waals surface area contributed by atoms with Gasteiger partial charge in [-0.25, -0.2) is 35.6 Å². The highest BCUT2D eigenvalue weighted by Gasteiger charge is 2.43. The number of hydrogen-bond donors (Lipinski definition) is 2. The smallest absolute Gasteiger partial charge is 0.185 e. The molecule has 10 rings (SSSR count). The third-order valence-corrected chi connectivity index (χ3v) is 18.3. The van der Waals surface area contributed by atoms with Crippen LogP contribution in [-0.2, 0) is 31.2 Å². The lowest BCUT2D eigenvalue weighted by Gasteiger charge is -2.47. The number of hydrogen-bond acceptors (Lipinski definition) is 16. The number of piperidine rings is 2. The maximum atomic E-state index is 13.6. The lowest BCUT2D eigenvalue weighted by Crippen LogP contribution is -2.46. The first-order valence-corrected chi connectivity index (χ1v) is 27.3. The molecule has 2 fully saturated rings. The Morgan fingerprint density at radius 3 is 1.38 bits per heavy atom. The fourth-order valence-corrected chi connectivity index (χ4v) is 14.1. The van der Waals surface area contributed by atoms with Crippen molar-refractivity contribution in [1.82, 2.24) is 28.5 Å². The summed E-state index contributed by atoms with van der Waals surface area (Å²) < 4.78 is 98.4. The minimum Gasteiger partial charge on any atom is -0.493 e. The lowest BCUT2D eigenvalue weighted by molar-refractivity contribution is -0.0544. The second-order valence-electron chi connectivity index (χ2n) is 18.4. The quantitative estimate of drug-likeness (QED) is 0.134. The highest BCUT2D eigenvalue weighted by molar-refractivity contribution is 7.91. The molecular weight excluding hydrogens is 955 g/mol. The van der Waals surface area contributed by atoms with Crippen LogP contribution in [0.3, 0.4) is 0 Å². The van der Waals surface area contributed by atoms with Gasteiger partial charge < -0.3 is 19.7 Å². The van der Waals surface area contributed by atoms with Crippen LogP contribution in [0.2, 0.25) is 0 Å². The summed E-state index contributed by atoms with van der Waals surface area (Å²) in [5.74, 6) is 0.129. The van der Waals surface area contributed by atoms with Crippen molar-refractivity contribution in [3.63, 3.8) is 0 Å². The molecule has 0 spiro atoms. The Morgan fingerprint density at radius 1 is 0.618 bits per heavy atom. The largest absolute Gasteiger partial charge is 0.493 e. The Labute approximate surface area is 402 Å². The van der Waals surface area contributed by atoms with E-state index >= 15 is 0 Å². The molecule has 6 heterocycles. The van der Waals surface area contributed by atoms with Crippen molar-refractivity contribution < 1.29 is 45.3 Å². The van der Waals surface area contributed by atoms with E-state index in [9.17, 15) is 35.8 Å². The van der Waals surface area contributed by atoms with E-state index in [2.05, 4.69) is 28.5 Å². The summed E-state index contributed by atoms with van der Waals surface area (Å²) in [7, 11) is -7.17.